The van der Waals surface area contributed by atoms with E-state index in [-0.39, 0.29) is 17.9 Å². The Morgan fingerprint density at radius 2 is 2.33 bits per heavy atom. The molecule has 1 aliphatic rings. The van der Waals surface area contributed by atoms with Gasteiger partial charge in [-0.05, 0) is 0 Å². The summed E-state index contributed by atoms with van der Waals surface area (Å²) < 4.78 is 0. The van der Waals surface area contributed by atoms with Crippen molar-refractivity contribution in [1.29, 1.82) is 0 Å². The van der Waals surface area contributed by atoms with E-state index in [0.29, 0.717) is 6.54 Å². The maximum absolute atomic E-state index is 11.4. The number of rotatable bonds is 1. The second kappa shape index (κ2) is 3.57. The zero-order valence-electron chi connectivity index (χ0n) is 7.58. The molecule has 0 spiro atoms. The van der Waals surface area contributed by atoms with E-state index >= 15 is 0 Å². The minimum atomic E-state index is 0.0488. The van der Waals surface area contributed by atoms with Gasteiger partial charge in [0, 0.05) is 18.9 Å². The SMILES string of the molecule is [C-]#[N+]C1CCN(C(=O)C(C)C)C1. The van der Waals surface area contributed by atoms with Gasteiger partial charge in [0.05, 0.1) is 6.54 Å². The topological polar surface area (TPSA) is 24.7 Å². The fourth-order valence-corrected chi connectivity index (χ4v) is 1.41. The average Bonchev–Trinajstić information content (AvgIpc) is 2.50. The first-order chi connectivity index (χ1) is 5.65. The van der Waals surface area contributed by atoms with Crippen molar-refractivity contribution in [2.45, 2.75) is 26.3 Å². The predicted octanol–water partition coefficient (Wildman–Crippen LogP) is 1.16. The Bertz CT molecular complexity index is 217. The van der Waals surface area contributed by atoms with Gasteiger partial charge in [0.2, 0.25) is 11.9 Å². The summed E-state index contributed by atoms with van der Waals surface area (Å²) in [4.78, 5) is 16.7. The molecule has 66 valence electrons. The van der Waals surface area contributed by atoms with E-state index in [1.54, 1.807) is 4.90 Å². The van der Waals surface area contributed by atoms with Crippen LogP contribution in [0.5, 0.6) is 0 Å². The lowest BCUT2D eigenvalue weighted by Crippen LogP contribution is -2.32. The van der Waals surface area contributed by atoms with Gasteiger partial charge in [-0.2, -0.15) is 0 Å². The van der Waals surface area contributed by atoms with Gasteiger partial charge in [-0.3, -0.25) is 4.79 Å². The van der Waals surface area contributed by atoms with Crippen LogP contribution in [0.15, 0.2) is 0 Å². The van der Waals surface area contributed by atoms with Gasteiger partial charge in [0.1, 0.15) is 0 Å². The molecule has 0 aromatic heterocycles. The number of nitrogens with zero attached hydrogens (tertiary/aromatic N) is 2. The van der Waals surface area contributed by atoms with Crippen LogP contribution in [-0.4, -0.2) is 29.9 Å². The van der Waals surface area contributed by atoms with Crippen LogP contribution < -0.4 is 0 Å². The molecule has 0 aromatic rings. The summed E-state index contributed by atoms with van der Waals surface area (Å²) in [5.41, 5.74) is 0. The molecule has 3 heteroatoms. The zero-order chi connectivity index (χ0) is 9.14. The summed E-state index contributed by atoms with van der Waals surface area (Å²) in [6, 6.07) is 0.0488. The van der Waals surface area contributed by atoms with Crippen molar-refractivity contribution in [2.24, 2.45) is 5.92 Å². The molecule has 0 saturated carbocycles. The Kier molecular flexibility index (Phi) is 2.69. The van der Waals surface area contributed by atoms with Gasteiger partial charge in [-0.25, -0.2) is 6.57 Å². The summed E-state index contributed by atoms with van der Waals surface area (Å²) in [5, 5.41) is 0. The number of carbonyl (C=O) groups excluding carboxylic acids is 1. The molecule has 1 aliphatic heterocycles. The van der Waals surface area contributed by atoms with E-state index in [9.17, 15) is 4.79 Å². The van der Waals surface area contributed by atoms with Crippen molar-refractivity contribution >= 4 is 5.91 Å². The van der Waals surface area contributed by atoms with Crippen LogP contribution in [0.3, 0.4) is 0 Å². The molecular weight excluding hydrogens is 152 g/mol. The first-order valence-electron chi connectivity index (χ1n) is 4.30. The fourth-order valence-electron chi connectivity index (χ4n) is 1.41. The molecule has 1 unspecified atom stereocenters. The molecule has 0 aliphatic carbocycles. The predicted molar refractivity (Wildman–Crippen MR) is 46.4 cm³/mol. The van der Waals surface area contributed by atoms with E-state index in [0.717, 1.165) is 13.0 Å². The molecule has 1 saturated heterocycles. The van der Waals surface area contributed by atoms with E-state index < -0.39 is 0 Å². The van der Waals surface area contributed by atoms with Gasteiger partial charge in [0.15, 0.2) is 0 Å². The summed E-state index contributed by atoms with van der Waals surface area (Å²) in [5.74, 6) is 0.246. The van der Waals surface area contributed by atoms with Crippen molar-refractivity contribution < 1.29 is 4.79 Å². The maximum Gasteiger partial charge on any atom is 0.242 e. The highest BCUT2D eigenvalue weighted by molar-refractivity contribution is 5.78. The van der Waals surface area contributed by atoms with Gasteiger partial charge in [-0.1, -0.05) is 13.8 Å². The molecule has 1 heterocycles. The molecular formula is C9H14N2O. The largest absolute Gasteiger partial charge is 0.334 e. The Morgan fingerprint density at radius 3 is 2.75 bits per heavy atom. The van der Waals surface area contributed by atoms with Crippen LogP contribution in [0.1, 0.15) is 20.3 Å². The molecule has 3 nitrogen and oxygen atoms in total. The third-order valence-corrected chi connectivity index (χ3v) is 2.15. The lowest BCUT2D eigenvalue weighted by Gasteiger charge is -2.16. The molecule has 1 amide bonds. The summed E-state index contributed by atoms with van der Waals surface area (Å²) >= 11 is 0. The Labute approximate surface area is 73.2 Å². The molecule has 1 atom stereocenters. The molecule has 0 N–H and O–H groups in total. The number of hydrogen-bond acceptors (Lipinski definition) is 1. The van der Waals surface area contributed by atoms with Crippen LogP contribution in [0.2, 0.25) is 0 Å². The minimum absolute atomic E-state index is 0.0488. The van der Waals surface area contributed by atoms with E-state index in [1.165, 1.54) is 0 Å². The Balaban J connectivity index is 2.48. The molecule has 1 fully saturated rings. The van der Waals surface area contributed by atoms with Crippen molar-refractivity contribution in [1.82, 2.24) is 4.90 Å². The Hall–Kier alpha value is -1.04. The summed E-state index contributed by atoms with van der Waals surface area (Å²) in [7, 11) is 0. The first-order valence-corrected chi connectivity index (χ1v) is 4.30. The Morgan fingerprint density at radius 1 is 1.67 bits per heavy atom. The van der Waals surface area contributed by atoms with Crippen molar-refractivity contribution in [3.05, 3.63) is 11.4 Å². The van der Waals surface area contributed by atoms with E-state index in [1.807, 2.05) is 13.8 Å². The smallest absolute Gasteiger partial charge is 0.242 e. The van der Waals surface area contributed by atoms with Gasteiger partial charge < -0.3 is 9.74 Å². The third kappa shape index (κ3) is 1.76. The van der Waals surface area contributed by atoms with Crippen molar-refractivity contribution in [3.8, 4) is 0 Å². The van der Waals surface area contributed by atoms with Crippen molar-refractivity contribution in [3.63, 3.8) is 0 Å². The zero-order valence-corrected chi connectivity index (χ0v) is 7.58. The quantitative estimate of drug-likeness (QED) is 0.536. The molecule has 1 rings (SSSR count). The maximum atomic E-state index is 11.4. The number of amides is 1. The van der Waals surface area contributed by atoms with Crippen LogP contribution >= 0.6 is 0 Å². The fraction of sp³-hybridized carbons (Fsp3) is 0.778. The van der Waals surface area contributed by atoms with Crippen LogP contribution in [0.4, 0.5) is 0 Å². The summed E-state index contributed by atoms with van der Waals surface area (Å²) in [6.45, 7) is 12.0. The minimum Gasteiger partial charge on any atom is -0.334 e. The van der Waals surface area contributed by atoms with Crippen LogP contribution in [-0.2, 0) is 4.79 Å². The lowest BCUT2D eigenvalue weighted by molar-refractivity contribution is -0.133. The highest BCUT2D eigenvalue weighted by Crippen LogP contribution is 2.14. The monoisotopic (exact) mass is 166 g/mol. The second-order valence-electron chi connectivity index (χ2n) is 3.51. The van der Waals surface area contributed by atoms with E-state index in [2.05, 4.69) is 4.85 Å². The van der Waals surface area contributed by atoms with Crippen LogP contribution in [0.25, 0.3) is 4.85 Å². The number of hydrogen-bond donors (Lipinski definition) is 0. The molecule has 0 aromatic carbocycles. The first kappa shape index (κ1) is 9.05. The van der Waals surface area contributed by atoms with Gasteiger partial charge in [0.25, 0.3) is 0 Å². The molecule has 0 bridgehead atoms. The number of likely N-dealkylation sites (tertiary alicyclic amines) is 1. The van der Waals surface area contributed by atoms with Gasteiger partial charge in [-0.15, -0.1) is 0 Å². The van der Waals surface area contributed by atoms with Crippen LogP contribution in [0, 0.1) is 12.5 Å². The molecule has 12 heavy (non-hydrogen) atoms. The second-order valence-corrected chi connectivity index (χ2v) is 3.51. The normalized spacial score (nSPS) is 22.8. The number of carbonyl (C=O) groups is 1. The summed E-state index contributed by atoms with van der Waals surface area (Å²) in [6.07, 6.45) is 0.849. The average molecular weight is 166 g/mol. The van der Waals surface area contributed by atoms with Gasteiger partial charge >= 0.3 is 0 Å². The lowest BCUT2D eigenvalue weighted by atomic mass is 10.2. The highest BCUT2D eigenvalue weighted by Gasteiger charge is 2.30. The third-order valence-electron chi connectivity index (χ3n) is 2.15. The molecule has 0 radical (unpaired) electrons. The van der Waals surface area contributed by atoms with Crippen molar-refractivity contribution in [2.75, 3.05) is 13.1 Å². The standard InChI is InChI=1S/C9H14N2O/c1-7(2)9(12)11-5-4-8(6-11)10-3/h7-8H,4-6H2,1-2H3. The highest BCUT2D eigenvalue weighted by atomic mass is 16.2. The van der Waals surface area contributed by atoms with E-state index in [4.69, 9.17) is 6.57 Å².